The number of thiazole rings is 1. The number of carbonyl (C=O) groups is 3. The van der Waals surface area contributed by atoms with Crippen molar-refractivity contribution in [1.29, 1.82) is 0 Å². The lowest BCUT2D eigenvalue weighted by Gasteiger charge is -2.23. The van der Waals surface area contributed by atoms with Crippen molar-refractivity contribution in [2.45, 2.75) is 17.7 Å². The third-order valence-corrected chi connectivity index (χ3v) is 8.47. The lowest BCUT2D eigenvalue weighted by Crippen LogP contribution is -2.36. The lowest BCUT2D eigenvalue weighted by molar-refractivity contribution is -0.146. The van der Waals surface area contributed by atoms with E-state index in [2.05, 4.69) is 15.6 Å². The summed E-state index contributed by atoms with van der Waals surface area (Å²) in [5.74, 6) is -2.34. The molecule has 0 unspecified atom stereocenters. The minimum Gasteiger partial charge on any atom is -0.481 e. The normalized spacial score (nSPS) is 22.7. The summed E-state index contributed by atoms with van der Waals surface area (Å²) in [5.41, 5.74) is 3.25. The summed E-state index contributed by atoms with van der Waals surface area (Å²) in [6, 6.07) is 13.1. The number of nitrogens with one attached hydrogen (secondary N) is 2. The second kappa shape index (κ2) is 9.23. The maximum Gasteiger partial charge on any atom is 0.307 e. The largest absolute Gasteiger partial charge is 0.481 e. The van der Waals surface area contributed by atoms with E-state index in [1.807, 2.05) is 55.5 Å². The summed E-state index contributed by atoms with van der Waals surface area (Å²) in [4.78, 5) is 41.5. The first-order valence-corrected chi connectivity index (χ1v) is 12.8. The molecular weight excluding hydrogens is 470 g/mol. The second-order valence-electron chi connectivity index (χ2n) is 8.70. The number of carboxylic acid groups (broad SMARTS) is 1. The van der Waals surface area contributed by atoms with Crippen LogP contribution in [-0.2, 0) is 14.4 Å². The average molecular weight is 494 g/mol. The van der Waals surface area contributed by atoms with Gasteiger partial charge in [0.05, 0.1) is 27.8 Å². The summed E-state index contributed by atoms with van der Waals surface area (Å²) < 4.78 is 1.66. The zero-order chi connectivity index (χ0) is 23.8. The Hall–Kier alpha value is -3.17. The molecule has 0 saturated heterocycles. The fourth-order valence-corrected chi connectivity index (χ4v) is 6.74. The molecular formula is C25H23N3O4S2. The van der Waals surface area contributed by atoms with Crippen molar-refractivity contribution in [2.24, 2.45) is 23.7 Å². The van der Waals surface area contributed by atoms with Crippen LogP contribution in [0.15, 0.2) is 59.0 Å². The number of aliphatic carboxylic acids is 1. The molecule has 174 valence electrons. The van der Waals surface area contributed by atoms with E-state index in [1.54, 1.807) is 6.07 Å². The quantitative estimate of drug-likeness (QED) is 0.322. The van der Waals surface area contributed by atoms with Gasteiger partial charge in [-0.2, -0.15) is 0 Å². The number of anilines is 2. The van der Waals surface area contributed by atoms with Crippen LogP contribution in [0.4, 0.5) is 11.4 Å². The van der Waals surface area contributed by atoms with E-state index < -0.39 is 17.8 Å². The smallest absolute Gasteiger partial charge is 0.307 e. The summed E-state index contributed by atoms with van der Waals surface area (Å²) in [7, 11) is 0. The Morgan fingerprint density at radius 3 is 2.59 bits per heavy atom. The van der Waals surface area contributed by atoms with Gasteiger partial charge < -0.3 is 15.7 Å². The third-order valence-electron chi connectivity index (χ3n) is 6.31. The molecule has 7 nitrogen and oxygen atoms in total. The van der Waals surface area contributed by atoms with Gasteiger partial charge in [-0.1, -0.05) is 36.0 Å². The molecule has 34 heavy (non-hydrogen) atoms. The van der Waals surface area contributed by atoms with E-state index in [1.165, 1.54) is 23.1 Å². The summed E-state index contributed by atoms with van der Waals surface area (Å²) in [6.45, 7) is 1.97. The van der Waals surface area contributed by atoms with Gasteiger partial charge in [-0.05, 0) is 61.1 Å². The van der Waals surface area contributed by atoms with Gasteiger partial charge >= 0.3 is 5.97 Å². The van der Waals surface area contributed by atoms with Gasteiger partial charge in [0.1, 0.15) is 0 Å². The SMILES string of the molecule is Cc1cccc(NC(=O)CSc2nc3ccc(NC(=O)[C@H]4[C@@H](C(=O)O)[C@H]5C=C[C@H]4C5)cc3s2)c1. The molecule has 2 aliphatic carbocycles. The fourth-order valence-electron chi connectivity index (χ4n) is 4.83. The molecule has 4 atom stereocenters. The van der Waals surface area contributed by atoms with E-state index >= 15 is 0 Å². The molecule has 0 aliphatic heterocycles. The molecule has 2 aliphatic rings. The van der Waals surface area contributed by atoms with Gasteiger partial charge in [0, 0.05) is 11.4 Å². The Bertz CT molecular complexity index is 1320. The highest BCUT2D eigenvalue weighted by molar-refractivity contribution is 8.01. The lowest BCUT2D eigenvalue weighted by atomic mass is 9.82. The molecule has 1 aromatic heterocycles. The number of carbonyl (C=O) groups excluding carboxylic acids is 2. The number of aromatic nitrogens is 1. The number of aryl methyl sites for hydroxylation is 1. The zero-order valence-electron chi connectivity index (χ0n) is 18.4. The fraction of sp³-hybridized carbons (Fsp3) is 0.280. The highest BCUT2D eigenvalue weighted by atomic mass is 32.2. The first-order chi connectivity index (χ1) is 16.4. The van der Waals surface area contributed by atoms with E-state index in [9.17, 15) is 19.5 Å². The maximum atomic E-state index is 12.9. The van der Waals surface area contributed by atoms with E-state index in [4.69, 9.17) is 0 Å². The van der Waals surface area contributed by atoms with Crippen LogP contribution in [0.3, 0.4) is 0 Å². The Kier molecular flexibility index (Phi) is 6.14. The highest BCUT2D eigenvalue weighted by Crippen LogP contribution is 2.48. The van der Waals surface area contributed by atoms with Crippen molar-refractivity contribution in [3.63, 3.8) is 0 Å². The van der Waals surface area contributed by atoms with Crippen LogP contribution < -0.4 is 10.6 Å². The van der Waals surface area contributed by atoms with Crippen LogP contribution >= 0.6 is 23.1 Å². The number of amides is 2. The van der Waals surface area contributed by atoms with E-state index in [0.717, 1.165) is 32.2 Å². The van der Waals surface area contributed by atoms with Crippen molar-refractivity contribution in [2.75, 3.05) is 16.4 Å². The number of nitrogens with zero attached hydrogens (tertiary/aromatic N) is 1. The van der Waals surface area contributed by atoms with Crippen molar-refractivity contribution in [1.82, 2.24) is 4.98 Å². The number of rotatable bonds is 7. The highest BCUT2D eigenvalue weighted by Gasteiger charge is 2.51. The molecule has 0 radical (unpaired) electrons. The van der Waals surface area contributed by atoms with Crippen LogP contribution in [-0.4, -0.2) is 33.6 Å². The predicted octanol–water partition coefficient (Wildman–Crippen LogP) is 4.80. The molecule has 5 rings (SSSR count). The van der Waals surface area contributed by atoms with Crippen LogP contribution in [0.5, 0.6) is 0 Å². The predicted molar refractivity (Wildman–Crippen MR) is 134 cm³/mol. The van der Waals surface area contributed by atoms with Crippen molar-refractivity contribution >= 4 is 62.5 Å². The number of hydrogen-bond donors (Lipinski definition) is 3. The van der Waals surface area contributed by atoms with Gasteiger partial charge in [0.25, 0.3) is 0 Å². The number of fused-ring (bicyclic) bond motifs is 3. The van der Waals surface area contributed by atoms with Crippen LogP contribution in [0.2, 0.25) is 0 Å². The van der Waals surface area contributed by atoms with E-state index in [0.29, 0.717) is 5.69 Å². The Morgan fingerprint density at radius 2 is 1.82 bits per heavy atom. The van der Waals surface area contributed by atoms with Crippen molar-refractivity contribution < 1.29 is 19.5 Å². The van der Waals surface area contributed by atoms with Crippen LogP contribution in [0, 0.1) is 30.6 Å². The Balaban J connectivity index is 1.22. The number of thioether (sulfide) groups is 1. The minimum absolute atomic E-state index is 0.0211. The first kappa shape index (κ1) is 22.6. The molecule has 1 heterocycles. The van der Waals surface area contributed by atoms with Gasteiger partial charge in [-0.3, -0.25) is 14.4 Å². The molecule has 1 saturated carbocycles. The monoisotopic (exact) mass is 493 g/mol. The van der Waals surface area contributed by atoms with Gasteiger partial charge in [-0.25, -0.2) is 4.98 Å². The van der Waals surface area contributed by atoms with Gasteiger partial charge in [-0.15, -0.1) is 11.3 Å². The summed E-state index contributed by atoms with van der Waals surface area (Å²) in [6.07, 6.45) is 4.62. The summed E-state index contributed by atoms with van der Waals surface area (Å²) >= 11 is 2.82. The standard InChI is InChI=1S/C25H23N3O4S2/c1-13-3-2-4-16(9-13)26-20(29)12-33-25-28-18-8-7-17(11-19(18)34-25)27-23(30)21-14-5-6-15(10-14)22(21)24(31)32/h2-9,11,14-15,21-22H,10,12H2,1H3,(H,26,29)(H,27,30)(H,31,32)/t14-,15-,21+,22-/m0/s1. The zero-order valence-corrected chi connectivity index (χ0v) is 20.0. The number of allylic oxidation sites excluding steroid dienone is 2. The van der Waals surface area contributed by atoms with Gasteiger partial charge in [0.2, 0.25) is 11.8 Å². The van der Waals surface area contributed by atoms with Gasteiger partial charge in [0.15, 0.2) is 4.34 Å². The third kappa shape index (κ3) is 4.58. The minimum atomic E-state index is -0.914. The Labute approximate surface area is 204 Å². The number of carboxylic acids is 1. The average Bonchev–Trinajstić information content (AvgIpc) is 3.51. The van der Waals surface area contributed by atoms with Crippen molar-refractivity contribution in [3.05, 3.63) is 60.2 Å². The molecule has 9 heteroatoms. The maximum absolute atomic E-state index is 12.9. The molecule has 3 N–H and O–H groups in total. The first-order valence-electron chi connectivity index (χ1n) is 11.0. The topological polar surface area (TPSA) is 108 Å². The number of benzene rings is 2. The summed E-state index contributed by atoms with van der Waals surface area (Å²) in [5, 5.41) is 15.4. The second-order valence-corrected chi connectivity index (χ2v) is 10.9. The van der Waals surface area contributed by atoms with Crippen molar-refractivity contribution in [3.8, 4) is 0 Å². The van der Waals surface area contributed by atoms with Crippen LogP contribution in [0.1, 0.15) is 12.0 Å². The Morgan fingerprint density at radius 1 is 1.06 bits per heavy atom. The molecule has 2 aromatic carbocycles. The molecule has 3 aromatic rings. The molecule has 2 amide bonds. The van der Waals surface area contributed by atoms with Crippen LogP contribution in [0.25, 0.3) is 10.2 Å². The molecule has 1 fully saturated rings. The molecule has 2 bridgehead atoms. The number of hydrogen-bond acceptors (Lipinski definition) is 6. The van der Waals surface area contributed by atoms with E-state index in [-0.39, 0.29) is 29.4 Å². The molecule has 0 spiro atoms.